The molecule has 1 fully saturated rings. The molecule has 1 atom stereocenters. The molecule has 0 amide bonds. The highest BCUT2D eigenvalue weighted by Gasteiger charge is 2.42. The van der Waals surface area contributed by atoms with E-state index < -0.39 is 17.9 Å². The van der Waals surface area contributed by atoms with E-state index in [1.165, 1.54) is 4.90 Å². The van der Waals surface area contributed by atoms with Crippen LogP contribution < -0.4 is 9.64 Å². The molecule has 0 aliphatic carbocycles. The highest BCUT2D eigenvalue weighted by atomic mass is 19.4. The van der Waals surface area contributed by atoms with E-state index in [0.29, 0.717) is 13.0 Å². The van der Waals surface area contributed by atoms with Gasteiger partial charge in [-0.1, -0.05) is 5.92 Å². The predicted octanol–water partition coefficient (Wildman–Crippen LogP) is 2.80. The van der Waals surface area contributed by atoms with Crippen LogP contribution in [0.15, 0.2) is 6.33 Å². The molecule has 0 saturated carbocycles. The van der Waals surface area contributed by atoms with Crippen molar-refractivity contribution in [1.29, 1.82) is 0 Å². The fourth-order valence-corrected chi connectivity index (χ4v) is 2.28. The third-order valence-electron chi connectivity index (χ3n) is 3.38. The number of nitrogens with zero attached hydrogens (tertiary/aromatic N) is 3. The van der Waals surface area contributed by atoms with E-state index in [0.717, 1.165) is 6.33 Å². The van der Waals surface area contributed by atoms with Gasteiger partial charge in [0.25, 0.3) is 5.88 Å². The van der Waals surface area contributed by atoms with E-state index in [4.69, 9.17) is 4.74 Å². The summed E-state index contributed by atoms with van der Waals surface area (Å²) in [6.07, 6.45) is -2.85. The molecule has 1 aromatic heterocycles. The molecule has 120 valence electrons. The lowest BCUT2D eigenvalue weighted by atomic mass is 9.97. The number of anilines is 1. The number of hydrogen-bond donors (Lipinski definition) is 0. The molecule has 1 aliphatic rings. The highest BCUT2D eigenvalue weighted by molar-refractivity contribution is 5.43. The summed E-state index contributed by atoms with van der Waals surface area (Å²) in [6.45, 7) is 1.56. The third-order valence-corrected chi connectivity index (χ3v) is 3.38. The van der Waals surface area contributed by atoms with Crippen LogP contribution in [0.2, 0.25) is 0 Å². The summed E-state index contributed by atoms with van der Waals surface area (Å²) in [7, 11) is 0. The molecular formula is C14H15F4N3O. The number of halogens is 4. The number of ether oxygens (including phenoxy) is 1. The molecule has 2 heterocycles. The van der Waals surface area contributed by atoms with Gasteiger partial charge < -0.3 is 9.64 Å². The molecule has 0 aromatic carbocycles. The van der Waals surface area contributed by atoms with Gasteiger partial charge in [0.15, 0.2) is 12.4 Å². The molecule has 1 aromatic rings. The monoisotopic (exact) mass is 317 g/mol. The Morgan fingerprint density at radius 1 is 1.41 bits per heavy atom. The van der Waals surface area contributed by atoms with Crippen molar-refractivity contribution >= 4 is 5.82 Å². The Hall–Kier alpha value is -2.04. The minimum Gasteiger partial charge on any atom is -0.462 e. The number of rotatable bonds is 3. The zero-order valence-electron chi connectivity index (χ0n) is 12.0. The predicted molar refractivity (Wildman–Crippen MR) is 71.9 cm³/mol. The van der Waals surface area contributed by atoms with Crippen LogP contribution in [0.25, 0.3) is 0 Å². The number of aromatic nitrogens is 2. The number of hydrogen-bond acceptors (Lipinski definition) is 4. The summed E-state index contributed by atoms with van der Waals surface area (Å²) in [5.74, 6) is 2.36. The van der Waals surface area contributed by atoms with Crippen LogP contribution in [0.1, 0.15) is 19.8 Å². The van der Waals surface area contributed by atoms with Crippen LogP contribution in [-0.2, 0) is 0 Å². The lowest BCUT2D eigenvalue weighted by molar-refractivity contribution is -0.176. The molecule has 0 radical (unpaired) electrons. The molecule has 1 saturated heterocycles. The molecule has 4 nitrogen and oxygen atoms in total. The van der Waals surface area contributed by atoms with Crippen molar-refractivity contribution in [2.45, 2.75) is 25.9 Å². The van der Waals surface area contributed by atoms with Gasteiger partial charge >= 0.3 is 6.18 Å². The van der Waals surface area contributed by atoms with Crippen LogP contribution in [0, 0.1) is 23.6 Å². The molecule has 0 spiro atoms. The lowest BCUT2D eigenvalue weighted by Gasteiger charge is -2.34. The molecule has 0 N–H and O–H groups in total. The average Bonchev–Trinajstić information content (AvgIpc) is 2.48. The Morgan fingerprint density at radius 2 is 2.18 bits per heavy atom. The van der Waals surface area contributed by atoms with E-state index in [2.05, 4.69) is 21.8 Å². The first-order valence-electron chi connectivity index (χ1n) is 6.78. The highest BCUT2D eigenvalue weighted by Crippen LogP contribution is 2.35. The largest absolute Gasteiger partial charge is 0.462 e. The first kappa shape index (κ1) is 16.3. The number of piperidine rings is 1. The van der Waals surface area contributed by atoms with E-state index >= 15 is 0 Å². The molecule has 22 heavy (non-hydrogen) atoms. The van der Waals surface area contributed by atoms with Crippen molar-refractivity contribution in [3.63, 3.8) is 0 Å². The Bertz CT molecular complexity index is 580. The summed E-state index contributed by atoms with van der Waals surface area (Å²) in [5, 5.41) is 0. The third kappa shape index (κ3) is 3.78. The summed E-state index contributed by atoms with van der Waals surface area (Å²) < 4.78 is 57.8. The average molecular weight is 317 g/mol. The Labute approximate surface area is 125 Å². The maximum absolute atomic E-state index is 14.3. The topological polar surface area (TPSA) is 38.3 Å². The Balaban J connectivity index is 2.17. The van der Waals surface area contributed by atoms with Crippen molar-refractivity contribution < 1.29 is 22.3 Å². The van der Waals surface area contributed by atoms with Crippen LogP contribution in [0.5, 0.6) is 5.88 Å². The van der Waals surface area contributed by atoms with Gasteiger partial charge in [0.1, 0.15) is 6.33 Å². The van der Waals surface area contributed by atoms with E-state index in [1.807, 2.05) is 0 Å². The van der Waals surface area contributed by atoms with Gasteiger partial charge in [0.2, 0.25) is 5.82 Å². The van der Waals surface area contributed by atoms with Crippen LogP contribution in [0.3, 0.4) is 0 Å². The van der Waals surface area contributed by atoms with Gasteiger partial charge in [0, 0.05) is 13.1 Å². The molecule has 1 unspecified atom stereocenters. The molecule has 0 bridgehead atoms. The second-order valence-corrected chi connectivity index (χ2v) is 4.86. The van der Waals surface area contributed by atoms with Crippen LogP contribution >= 0.6 is 0 Å². The van der Waals surface area contributed by atoms with Gasteiger partial charge in [0.05, 0.1) is 5.92 Å². The SMILES string of the molecule is CC#CCOc1ncnc(N2CCCC(C(F)(F)F)C2)c1F. The first-order chi connectivity index (χ1) is 10.4. The zero-order valence-corrected chi connectivity index (χ0v) is 12.0. The van der Waals surface area contributed by atoms with Crippen LogP contribution in [0.4, 0.5) is 23.4 Å². The fraction of sp³-hybridized carbons (Fsp3) is 0.571. The molecule has 1 aliphatic heterocycles. The second kappa shape index (κ2) is 6.81. The van der Waals surface area contributed by atoms with Crippen molar-refractivity contribution in [2.75, 3.05) is 24.6 Å². The van der Waals surface area contributed by atoms with Gasteiger partial charge in [-0.25, -0.2) is 4.98 Å². The molecule has 2 rings (SSSR count). The minimum atomic E-state index is -4.29. The maximum atomic E-state index is 14.3. The fourth-order valence-electron chi connectivity index (χ4n) is 2.28. The summed E-state index contributed by atoms with van der Waals surface area (Å²) in [5.41, 5.74) is 0. The van der Waals surface area contributed by atoms with Gasteiger partial charge in [-0.3, -0.25) is 0 Å². The van der Waals surface area contributed by atoms with Crippen molar-refractivity contribution in [1.82, 2.24) is 9.97 Å². The zero-order chi connectivity index (χ0) is 16.2. The van der Waals surface area contributed by atoms with E-state index in [-0.39, 0.29) is 31.3 Å². The van der Waals surface area contributed by atoms with Crippen LogP contribution in [-0.4, -0.2) is 35.8 Å². The minimum absolute atomic E-state index is 0.0438. The van der Waals surface area contributed by atoms with Crippen molar-refractivity contribution in [2.24, 2.45) is 5.92 Å². The summed E-state index contributed by atoms with van der Waals surface area (Å²) in [4.78, 5) is 8.70. The molecule has 8 heteroatoms. The van der Waals surface area contributed by atoms with Crippen molar-refractivity contribution in [3.8, 4) is 17.7 Å². The van der Waals surface area contributed by atoms with Gasteiger partial charge in [-0.15, -0.1) is 5.92 Å². The summed E-state index contributed by atoms with van der Waals surface area (Å²) in [6, 6.07) is 0. The Morgan fingerprint density at radius 3 is 2.86 bits per heavy atom. The van der Waals surface area contributed by atoms with Gasteiger partial charge in [-0.05, 0) is 19.8 Å². The van der Waals surface area contributed by atoms with Gasteiger partial charge in [-0.2, -0.15) is 22.5 Å². The lowest BCUT2D eigenvalue weighted by Crippen LogP contribution is -2.42. The van der Waals surface area contributed by atoms with Crippen molar-refractivity contribution in [3.05, 3.63) is 12.1 Å². The summed E-state index contributed by atoms with van der Waals surface area (Å²) >= 11 is 0. The standard InChI is InChI=1S/C14H15F4N3O/c1-2-3-7-22-13-11(15)12(19-9-20-13)21-6-4-5-10(8-21)14(16,17)18/h9-10H,4-8H2,1H3. The van der Waals surface area contributed by atoms with E-state index in [1.54, 1.807) is 6.92 Å². The Kier molecular flexibility index (Phi) is 5.06. The second-order valence-electron chi connectivity index (χ2n) is 4.86. The quantitative estimate of drug-likeness (QED) is 0.635. The molecular weight excluding hydrogens is 302 g/mol. The maximum Gasteiger partial charge on any atom is 0.393 e. The van der Waals surface area contributed by atoms with E-state index in [9.17, 15) is 17.6 Å². The number of alkyl halides is 3. The normalized spacial score (nSPS) is 18.6. The first-order valence-corrected chi connectivity index (χ1v) is 6.78. The smallest absolute Gasteiger partial charge is 0.393 e.